The lowest BCUT2D eigenvalue weighted by Gasteiger charge is -2.57. The monoisotopic (exact) mass is 862 g/mol. The molecule has 6 aliphatic heterocycles. The van der Waals surface area contributed by atoms with Crippen molar-refractivity contribution in [3.8, 4) is 23.0 Å². The van der Waals surface area contributed by atoms with Crippen LogP contribution in [0.1, 0.15) is 149 Å². The maximum absolute atomic E-state index is 7.62. The SMILES string of the molecule is CC1(C)c2ccccc2N2c3cccc4c3C35c6c2c1cc1c6N(c2ccccc2C1(C)C)c1cc(C26CC7CC(CC(C7)C2)C6)cc([n+]13)-c1cc(C23CC6CC(CC(C6)C2)C3)cc([n+]15)O4. The summed E-state index contributed by atoms with van der Waals surface area (Å²) < 4.78 is 13.3. The molecule has 14 aliphatic rings. The predicted octanol–water partition coefficient (Wildman–Crippen LogP) is 13.4. The molecule has 6 aromatic rings. The molecule has 0 amide bonds. The molecular weight excluding hydrogens is 805 g/mol. The Kier molecular flexibility index (Phi) is 5.85. The van der Waals surface area contributed by atoms with Crippen molar-refractivity contribution >= 4 is 34.3 Å². The first kappa shape index (κ1) is 35.7. The molecule has 8 bridgehead atoms. The van der Waals surface area contributed by atoms with Gasteiger partial charge in [-0.15, -0.1) is 9.13 Å². The summed E-state index contributed by atoms with van der Waals surface area (Å²) in [5, 5.41) is 0. The third kappa shape index (κ3) is 3.72. The molecule has 8 aliphatic carbocycles. The number of ether oxygens (including phenoxy) is 1. The summed E-state index contributed by atoms with van der Waals surface area (Å²) in [6.07, 6.45) is 16.8. The van der Waals surface area contributed by atoms with Crippen LogP contribution < -0.4 is 23.7 Å². The van der Waals surface area contributed by atoms with Crippen molar-refractivity contribution in [1.29, 1.82) is 0 Å². The van der Waals surface area contributed by atoms with Crippen molar-refractivity contribution < 1.29 is 13.9 Å². The van der Waals surface area contributed by atoms with Crippen LogP contribution in [0.2, 0.25) is 0 Å². The zero-order valence-corrected chi connectivity index (χ0v) is 38.9. The molecule has 2 aromatic heterocycles. The fraction of sp³-hybridized carbons (Fsp3) is 0.443. The number of para-hydroxylation sites is 2. The Bertz CT molecular complexity index is 3280. The summed E-state index contributed by atoms with van der Waals surface area (Å²) in [4.78, 5) is 5.47. The van der Waals surface area contributed by atoms with Crippen LogP contribution >= 0.6 is 0 Å². The summed E-state index contributed by atoms with van der Waals surface area (Å²) >= 11 is 0. The molecule has 1 unspecified atom stereocenters. The quantitative estimate of drug-likeness (QED) is 0.162. The Morgan fingerprint density at radius 3 is 1.53 bits per heavy atom. The molecule has 20 rings (SSSR count). The predicted molar refractivity (Wildman–Crippen MR) is 257 cm³/mol. The van der Waals surface area contributed by atoms with Crippen LogP contribution in [0.15, 0.2) is 97.1 Å². The van der Waals surface area contributed by atoms with Gasteiger partial charge in [-0.1, -0.05) is 70.2 Å². The van der Waals surface area contributed by atoms with Crippen LogP contribution in [-0.4, -0.2) is 0 Å². The largest absolute Gasteiger partial charge is 0.404 e. The number of hydrogen-bond donors (Lipinski definition) is 0. The van der Waals surface area contributed by atoms with Gasteiger partial charge in [-0.3, -0.25) is 0 Å². The summed E-state index contributed by atoms with van der Waals surface area (Å²) in [6, 6.07) is 39.3. The fourth-order valence-electron chi connectivity index (χ4n) is 19.7. The van der Waals surface area contributed by atoms with E-state index in [-0.39, 0.29) is 21.7 Å². The lowest BCUT2D eigenvalue weighted by atomic mass is 9.48. The van der Waals surface area contributed by atoms with Crippen LogP contribution in [-0.2, 0) is 27.3 Å². The minimum absolute atomic E-state index is 0.228. The van der Waals surface area contributed by atoms with Crippen LogP contribution in [0.5, 0.6) is 11.6 Å². The van der Waals surface area contributed by atoms with Gasteiger partial charge in [-0.05, 0) is 182 Å². The molecular formula is C61H58N4O+2. The molecule has 5 heteroatoms. The average Bonchev–Trinajstić information content (AvgIpc) is 3.59. The molecule has 8 saturated carbocycles. The molecule has 1 spiro atoms. The minimum atomic E-state index is -0.688. The van der Waals surface area contributed by atoms with Gasteiger partial charge in [0.15, 0.2) is 11.4 Å². The van der Waals surface area contributed by atoms with Crippen LogP contribution in [0.3, 0.4) is 0 Å². The molecule has 66 heavy (non-hydrogen) atoms. The fourth-order valence-corrected chi connectivity index (χ4v) is 19.7. The van der Waals surface area contributed by atoms with E-state index in [2.05, 4.69) is 144 Å². The van der Waals surface area contributed by atoms with E-state index in [0.29, 0.717) is 0 Å². The summed E-state index contributed by atoms with van der Waals surface area (Å²) in [7, 11) is 0. The van der Waals surface area contributed by atoms with Gasteiger partial charge >= 0.3 is 11.5 Å². The molecule has 326 valence electrons. The molecule has 8 fully saturated rings. The smallest absolute Gasteiger partial charge is 0.378 e. The van der Waals surface area contributed by atoms with Crippen molar-refractivity contribution in [3.63, 3.8) is 0 Å². The second-order valence-corrected chi connectivity index (χ2v) is 25.4. The molecule has 0 saturated heterocycles. The maximum Gasteiger partial charge on any atom is 0.378 e. The number of benzene rings is 4. The van der Waals surface area contributed by atoms with E-state index in [1.54, 1.807) is 11.1 Å². The van der Waals surface area contributed by atoms with Crippen LogP contribution in [0.4, 0.5) is 34.3 Å². The van der Waals surface area contributed by atoms with E-state index in [1.165, 1.54) is 156 Å². The number of fused-ring (bicyclic) bond motifs is 7. The first-order chi connectivity index (χ1) is 32.0. The van der Waals surface area contributed by atoms with E-state index >= 15 is 0 Å². The molecule has 5 nitrogen and oxygen atoms in total. The van der Waals surface area contributed by atoms with Gasteiger partial charge in [-0.25, -0.2) is 0 Å². The number of aromatic nitrogens is 2. The van der Waals surface area contributed by atoms with Gasteiger partial charge in [0.1, 0.15) is 16.8 Å². The first-order valence-electron chi connectivity index (χ1n) is 26.1. The Morgan fingerprint density at radius 2 is 0.955 bits per heavy atom. The summed E-state index contributed by atoms with van der Waals surface area (Å²) in [5.41, 5.74) is 20.2. The van der Waals surface area contributed by atoms with E-state index in [9.17, 15) is 0 Å². The van der Waals surface area contributed by atoms with Gasteiger partial charge in [0.25, 0.3) is 11.5 Å². The molecule has 8 heterocycles. The van der Waals surface area contributed by atoms with E-state index in [1.807, 2.05) is 0 Å². The van der Waals surface area contributed by atoms with Crippen molar-refractivity contribution in [3.05, 3.63) is 142 Å². The second-order valence-electron chi connectivity index (χ2n) is 25.4. The summed E-state index contributed by atoms with van der Waals surface area (Å²) in [5.74, 6) is 8.59. The number of hydrogen-bond acceptors (Lipinski definition) is 3. The normalized spacial score (nSPS) is 34.7. The lowest BCUT2D eigenvalue weighted by molar-refractivity contribution is -0.936. The highest BCUT2D eigenvalue weighted by Gasteiger charge is 2.75. The van der Waals surface area contributed by atoms with E-state index in [4.69, 9.17) is 4.74 Å². The molecule has 1 atom stereocenters. The molecule has 0 N–H and O–H groups in total. The number of anilines is 6. The minimum Gasteiger partial charge on any atom is -0.404 e. The summed E-state index contributed by atoms with van der Waals surface area (Å²) in [6.45, 7) is 10.0. The Hall–Kier alpha value is -5.42. The highest BCUT2D eigenvalue weighted by Crippen LogP contribution is 2.71. The van der Waals surface area contributed by atoms with Crippen molar-refractivity contribution in [2.75, 3.05) is 9.80 Å². The standard InChI is InChI=1S/C61H58N4O/c1-57(2)41-10-5-7-12-45(41)62-47-14-9-15-50-53(47)61-54-55(62)43(57)26-44-56(54)63(46-13-8-6-11-42(46)58(44,3)4)51-24-39(59-27-33-16-34(28-59)18-35(17-33)29-59)22-48(64(51)61)49-23-40(25-52(66-50)65(49)61)60-30-36-19-37(31-60)21-38(20-36)32-60/h5-15,22-26,33-38H,16-21,27-32H2,1-4H3/q+2. The lowest BCUT2D eigenvalue weighted by Crippen LogP contribution is -2.76. The molecule has 4 aromatic carbocycles. The maximum atomic E-state index is 7.62. The Morgan fingerprint density at radius 1 is 0.470 bits per heavy atom. The highest BCUT2D eigenvalue weighted by molar-refractivity contribution is 6.01. The second kappa shape index (κ2) is 10.8. The Balaban J connectivity index is 1.04. The zero-order chi connectivity index (χ0) is 43.2. The Labute approximate surface area is 388 Å². The van der Waals surface area contributed by atoms with Crippen LogP contribution in [0, 0.1) is 35.5 Å². The van der Waals surface area contributed by atoms with Gasteiger partial charge in [-0.2, -0.15) is 4.90 Å². The van der Waals surface area contributed by atoms with Gasteiger partial charge in [0.2, 0.25) is 5.69 Å². The number of nitrogens with zero attached hydrogens (tertiary/aromatic N) is 4. The average molecular weight is 863 g/mol. The number of rotatable bonds is 2. The van der Waals surface area contributed by atoms with E-state index < -0.39 is 5.66 Å². The van der Waals surface area contributed by atoms with E-state index in [0.717, 1.165) is 47.1 Å². The third-order valence-electron chi connectivity index (χ3n) is 21.4. The first-order valence-corrected chi connectivity index (χ1v) is 26.1. The zero-order valence-electron chi connectivity index (χ0n) is 38.9. The highest BCUT2D eigenvalue weighted by atomic mass is 16.5. The van der Waals surface area contributed by atoms with Gasteiger partial charge in [0.05, 0.1) is 23.1 Å². The van der Waals surface area contributed by atoms with Gasteiger partial charge < -0.3 is 9.64 Å². The van der Waals surface area contributed by atoms with Crippen LogP contribution in [0.25, 0.3) is 11.4 Å². The third-order valence-corrected chi connectivity index (χ3v) is 21.4. The van der Waals surface area contributed by atoms with Crippen molar-refractivity contribution in [2.24, 2.45) is 35.5 Å². The van der Waals surface area contributed by atoms with Gasteiger partial charge in [0, 0.05) is 34.1 Å². The molecule has 0 radical (unpaired) electrons. The van der Waals surface area contributed by atoms with Crippen molar-refractivity contribution in [2.45, 2.75) is 132 Å². The number of pyridine rings is 2. The topological polar surface area (TPSA) is 23.5 Å². The van der Waals surface area contributed by atoms with Crippen molar-refractivity contribution in [1.82, 2.24) is 0 Å².